The molecule has 0 spiro atoms. The van der Waals surface area contributed by atoms with E-state index in [1.807, 2.05) is 64.1 Å². The summed E-state index contributed by atoms with van der Waals surface area (Å²) in [7, 11) is 0.500. The van der Waals surface area contributed by atoms with Crippen molar-refractivity contribution in [1.82, 2.24) is 4.57 Å². The molecule has 6 heteroatoms. The van der Waals surface area contributed by atoms with Crippen LogP contribution >= 0.6 is 0 Å². The molecule has 4 aromatic carbocycles. The predicted molar refractivity (Wildman–Crippen MR) is 207 cm³/mol. The molecule has 5 rings (SSSR count). The average molecular weight is 679 g/mol. The molecular weight excluding hydrogens is 626 g/mol. The van der Waals surface area contributed by atoms with Crippen LogP contribution in [0, 0.1) is 12.7 Å². The fourth-order valence-corrected chi connectivity index (χ4v) is 5.83. The molecule has 4 nitrogen and oxygen atoms in total. The number of unbranched alkanes of at least 4 members (excludes halogenated alkanes) is 3. The highest BCUT2D eigenvalue weighted by molar-refractivity contribution is 5.79. The van der Waals surface area contributed by atoms with Crippen molar-refractivity contribution in [3.63, 3.8) is 0 Å². The zero-order valence-corrected chi connectivity index (χ0v) is 30.6. The number of anilines is 3. The summed E-state index contributed by atoms with van der Waals surface area (Å²) < 4.78 is 38.2. The molecule has 5 aromatic rings. The molecule has 1 heterocycles. The van der Waals surface area contributed by atoms with E-state index in [1.165, 1.54) is 19.3 Å². The number of nitrogens with zero attached hydrogens (tertiary/aromatic N) is 2. The van der Waals surface area contributed by atoms with Crippen LogP contribution in [0.2, 0.25) is 0 Å². The van der Waals surface area contributed by atoms with Gasteiger partial charge in [0.25, 0.3) is 0 Å². The third kappa shape index (κ3) is 10.3. The van der Waals surface area contributed by atoms with Crippen molar-refractivity contribution >= 4 is 29.2 Å². The van der Waals surface area contributed by atoms with Gasteiger partial charge in [0.1, 0.15) is 17.3 Å². The Bertz CT molecular complexity index is 1720. The zero-order valence-electron chi connectivity index (χ0n) is 30.6. The standard InChI is InChI=1S/C43H49FN2O2.CH3F/c1-7-8-9-10-29-45-36(23-28-43(45)35-15-11-33(6)42(44)30-35)16-12-34-13-17-37(18-14-34)46(38-19-24-40(25-20-38)47-31(2)3)39-21-26-41(27-22-39)48-32(4)5;1-2/h11-28,30-32H,7-10,29H2,1-6H3;1H3/b16-12+;. The van der Waals surface area contributed by atoms with Crippen LogP contribution in [0.15, 0.2) is 103 Å². The first kappa shape index (κ1) is 38.0. The van der Waals surface area contributed by atoms with Gasteiger partial charge in [-0.1, -0.05) is 56.5 Å². The molecule has 0 unspecified atom stereocenters. The van der Waals surface area contributed by atoms with E-state index in [0.717, 1.165) is 64.0 Å². The molecule has 0 aliphatic heterocycles. The zero-order chi connectivity index (χ0) is 36.0. The van der Waals surface area contributed by atoms with Crippen molar-refractivity contribution in [2.75, 3.05) is 12.1 Å². The molecule has 0 atom stereocenters. The Kier molecular flexibility index (Phi) is 14.3. The van der Waals surface area contributed by atoms with Gasteiger partial charge in [-0.2, -0.15) is 0 Å². The largest absolute Gasteiger partial charge is 0.491 e. The fraction of sp³-hybridized carbons (Fsp3) is 0.318. The van der Waals surface area contributed by atoms with E-state index >= 15 is 0 Å². The van der Waals surface area contributed by atoms with Gasteiger partial charge in [-0.3, -0.25) is 4.39 Å². The summed E-state index contributed by atoms with van der Waals surface area (Å²) in [5.41, 5.74) is 7.94. The Morgan fingerprint density at radius 1 is 0.660 bits per heavy atom. The monoisotopic (exact) mass is 678 g/mol. The highest BCUT2D eigenvalue weighted by Gasteiger charge is 2.14. The molecule has 1 aromatic heterocycles. The average Bonchev–Trinajstić information content (AvgIpc) is 3.52. The van der Waals surface area contributed by atoms with Gasteiger partial charge in [-0.25, -0.2) is 4.39 Å². The van der Waals surface area contributed by atoms with Gasteiger partial charge in [-0.15, -0.1) is 0 Å². The smallest absolute Gasteiger partial charge is 0.126 e. The highest BCUT2D eigenvalue weighted by atomic mass is 19.1. The molecule has 0 amide bonds. The number of ether oxygens (including phenoxy) is 2. The number of hydrogen-bond acceptors (Lipinski definition) is 3. The first-order chi connectivity index (χ1) is 24.2. The molecule has 0 bridgehead atoms. The van der Waals surface area contributed by atoms with E-state index in [1.54, 1.807) is 13.0 Å². The quantitative estimate of drug-likeness (QED) is 0.103. The Morgan fingerprint density at radius 2 is 1.20 bits per heavy atom. The first-order valence-corrected chi connectivity index (χ1v) is 17.7. The third-order valence-corrected chi connectivity index (χ3v) is 8.25. The van der Waals surface area contributed by atoms with Gasteiger partial charge in [0.15, 0.2) is 0 Å². The molecule has 0 aliphatic carbocycles. The lowest BCUT2D eigenvalue weighted by atomic mass is 10.1. The second kappa shape index (κ2) is 18.8. The number of aromatic nitrogens is 1. The van der Waals surface area contributed by atoms with E-state index in [9.17, 15) is 8.78 Å². The molecule has 264 valence electrons. The van der Waals surface area contributed by atoms with Gasteiger partial charge in [0.05, 0.1) is 19.4 Å². The van der Waals surface area contributed by atoms with Crippen LogP contribution in [0.4, 0.5) is 25.8 Å². The molecule has 0 saturated heterocycles. The number of hydrogen-bond donors (Lipinski definition) is 0. The van der Waals surface area contributed by atoms with E-state index in [2.05, 4.69) is 89.2 Å². The van der Waals surface area contributed by atoms with Crippen LogP contribution in [0.25, 0.3) is 23.4 Å². The van der Waals surface area contributed by atoms with Gasteiger partial charge >= 0.3 is 0 Å². The normalized spacial score (nSPS) is 11.2. The summed E-state index contributed by atoms with van der Waals surface area (Å²) >= 11 is 0. The minimum absolute atomic E-state index is 0.113. The highest BCUT2D eigenvalue weighted by Crippen LogP contribution is 2.37. The minimum atomic E-state index is -0.169. The minimum Gasteiger partial charge on any atom is -0.491 e. The summed E-state index contributed by atoms with van der Waals surface area (Å²) in [5.74, 6) is 1.53. The number of benzene rings is 4. The van der Waals surface area contributed by atoms with Crippen molar-refractivity contribution in [2.45, 2.75) is 86.0 Å². The van der Waals surface area contributed by atoms with Crippen LogP contribution in [-0.4, -0.2) is 24.0 Å². The van der Waals surface area contributed by atoms with Crippen molar-refractivity contribution in [3.8, 4) is 22.8 Å². The van der Waals surface area contributed by atoms with Crippen molar-refractivity contribution < 1.29 is 18.3 Å². The van der Waals surface area contributed by atoms with Crippen LogP contribution in [-0.2, 0) is 6.54 Å². The predicted octanol–water partition coefficient (Wildman–Crippen LogP) is 13.0. The summed E-state index contributed by atoms with van der Waals surface area (Å²) in [5, 5.41) is 0. The maximum atomic E-state index is 14.5. The third-order valence-electron chi connectivity index (χ3n) is 8.25. The fourth-order valence-electron chi connectivity index (χ4n) is 5.83. The van der Waals surface area contributed by atoms with Crippen molar-refractivity contribution in [2.24, 2.45) is 0 Å². The van der Waals surface area contributed by atoms with Gasteiger partial charge in [0.2, 0.25) is 0 Å². The van der Waals surface area contributed by atoms with Crippen LogP contribution in [0.3, 0.4) is 0 Å². The van der Waals surface area contributed by atoms with Crippen LogP contribution in [0.1, 0.15) is 77.1 Å². The lowest BCUT2D eigenvalue weighted by molar-refractivity contribution is 0.242. The Labute approximate surface area is 298 Å². The number of alkyl halides is 1. The number of rotatable bonds is 15. The molecule has 0 saturated carbocycles. The van der Waals surface area contributed by atoms with E-state index < -0.39 is 0 Å². The first-order valence-electron chi connectivity index (χ1n) is 17.7. The van der Waals surface area contributed by atoms with Gasteiger partial charge in [-0.05, 0) is 137 Å². The lowest BCUT2D eigenvalue weighted by Gasteiger charge is -2.26. The molecule has 0 N–H and O–H groups in total. The van der Waals surface area contributed by atoms with Gasteiger partial charge in [0, 0.05) is 40.6 Å². The maximum absolute atomic E-state index is 14.5. The van der Waals surface area contributed by atoms with E-state index in [-0.39, 0.29) is 18.0 Å². The maximum Gasteiger partial charge on any atom is 0.126 e. The summed E-state index contributed by atoms with van der Waals surface area (Å²) in [4.78, 5) is 2.24. The Hall–Kier alpha value is -4.84. The second-order valence-corrected chi connectivity index (χ2v) is 12.9. The van der Waals surface area contributed by atoms with Gasteiger partial charge < -0.3 is 18.9 Å². The summed E-state index contributed by atoms with van der Waals surface area (Å²) in [6.07, 6.45) is 9.23. The summed E-state index contributed by atoms with van der Waals surface area (Å²) in [6, 6.07) is 34.8. The van der Waals surface area contributed by atoms with E-state index in [0.29, 0.717) is 12.7 Å². The molecular formula is C44H52F2N2O2. The van der Waals surface area contributed by atoms with Crippen LogP contribution < -0.4 is 14.4 Å². The molecule has 0 radical (unpaired) electrons. The molecule has 0 aliphatic rings. The SMILES string of the molecule is CCCCCCn1c(/C=C/c2ccc(N(c3ccc(OC(C)C)cc3)c3ccc(OC(C)C)cc3)cc2)ccc1-c1ccc(C)c(F)c1.CF. The summed E-state index contributed by atoms with van der Waals surface area (Å²) in [6.45, 7) is 13.1. The number of aryl methyl sites for hydroxylation is 1. The van der Waals surface area contributed by atoms with Crippen LogP contribution in [0.5, 0.6) is 11.5 Å². The number of halogens is 2. The molecule has 50 heavy (non-hydrogen) atoms. The van der Waals surface area contributed by atoms with Crippen molar-refractivity contribution in [3.05, 3.63) is 126 Å². The van der Waals surface area contributed by atoms with Crippen molar-refractivity contribution in [1.29, 1.82) is 0 Å². The Morgan fingerprint density at radius 3 is 1.70 bits per heavy atom. The second-order valence-electron chi connectivity index (χ2n) is 12.9. The molecule has 0 fully saturated rings. The lowest BCUT2D eigenvalue weighted by Crippen LogP contribution is -2.11. The Balaban J connectivity index is 0.00000276. The van der Waals surface area contributed by atoms with E-state index in [4.69, 9.17) is 9.47 Å². The topological polar surface area (TPSA) is 26.6 Å².